The van der Waals surface area contributed by atoms with Gasteiger partial charge in [0.25, 0.3) is 0 Å². The van der Waals surface area contributed by atoms with Crippen LogP contribution < -0.4 is 0 Å². The van der Waals surface area contributed by atoms with E-state index in [0.29, 0.717) is 0 Å². The van der Waals surface area contributed by atoms with Crippen molar-refractivity contribution in [3.05, 3.63) is 0 Å². The van der Waals surface area contributed by atoms with Crippen molar-refractivity contribution in [3.63, 3.8) is 0 Å². The monoisotopic (exact) mass is 165 g/mol. The lowest BCUT2D eigenvalue weighted by atomic mass is 11.8. The number of rotatable bonds is 3. The van der Waals surface area contributed by atoms with Gasteiger partial charge in [0.1, 0.15) is 10.5 Å². The Morgan fingerprint density at radius 3 is 2.00 bits per heavy atom. The van der Waals surface area contributed by atoms with Crippen LogP contribution in [0.5, 0.6) is 0 Å². The van der Waals surface area contributed by atoms with Crippen molar-refractivity contribution in [1.29, 1.82) is 0 Å². The van der Waals surface area contributed by atoms with Gasteiger partial charge in [0.15, 0.2) is 8.32 Å². The van der Waals surface area contributed by atoms with Crippen LogP contribution in [0, 0.1) is 0 Å². The average Bonchev–Trinajstić information content (AvgIpc) is 1.59. The molecule has 1 radical (unpaired) electrons. The van der Waals surface area contributed by atoms with Gasteiger partial charge in [0.05, 0.1) is 0 Å². The minimum absolute atomic E-state index is 0.135. The molecule has 0 heterocycles. The second kappa shape index (κ2) is 3.57. The van der Waals surface area contributed by atoms with Gasteiger partial charge in [0, 0.05) is 0 Å². The van der Waals surface area contributed by atoms with Gasteiger partial charge in [-0.25, -0.2) is 0 Å². The van der Waals surface area contributed by atoms with E-state index in [9.17, 15) is 0 Å². The predicted octanol–water partition coefficient (Wildman–Crippen LogP) is -0.599. The largest absolute Gasteiger partial charge is 0.446 e. The maximum absolute atomic E-state index is 5.41. The Bertz CT molecular complexity index is 60.0. The summed E-state index contributed by atoms with van der Waals surface area (Å²) in [6.07, 6.45) is 0. The summed E-state index contributed by atoms with van der Waals surface area (Å²) in [5.74, 6) is 0. The molecule has 0 unspecified atom stereocenters. The van der Waals surface area contributed by atoms with Crippen molar-refractivity contribution in [3.8, 4) is 0 Å². The van der Waals surface area contributed by atoms with E-state index >= 15 is 0 Å². The number of hydrogen-bond acceptors (Lipinski definition) is 2. The summed E-state index contributed by atoms with van der Waals surface area (Å²) in [4.78, 5) is 0. The second-order valence-corrected chi connectivity index (χ2v) is 9.81. The summed E-state index contributed by atoms with van der Waals surface area (Å²) in [7, 11) is -0.562. The predicted molar refractivity (Wildman–Crippen MR) is 42.6 cm³/mol. The molecule has 0 aromatic rings. The molecule has 2 nitrogen and oxygen atoms in total. The summed E-state index contributed by atoms with van der Waals surface area (Å²) in [6, 6.07) is 0. The standard InChI is InChI=1S/C3H13O2Si3/c1-8(2,3)5-7-4-6/h7H,1-3,6H3. The van der Waals surface area contributed by atoms with Crippen LogP contribution in [-0.2, 0) is 8.23 Å². The van der Waals surface area contributed by atoms with Crippen LogP contribution in [0.3, 0.4) is 0 Å². The second-order valence-electron chi connectivity index (χ2n) is 2.56. The fourth-order valence-corrected chi connectivity index (χ4v) is 2.60. The van der Waals surface area contributed by atoms with E-state index in [1.807, 2.05) is 0 Å². The van der Waals surface area contributed by atoms with E-state index in [1.165, 1.54) is 0 Å². The summed E-state index contributed by atoms with van der Waals surface area (Å²) >= 11 is 0. The Morgan fingerprint density at radius 1 is 1.38 bits per heavy atom. The van der Waals surface area contributed by atoms with Crippen LogP contribution in [-0.4, -0.2) is 28.8 Å². The van der Waals surface area contributed by atoms with Gasteiger partial charge >= 0.3 is 10.0 Å². The third-order valence-corrected chi connectivity index (χ3v) is 4.48. The molecule has 0 atom stereocenters. The summed E-state index contributed by atoms with van der Waals surface area (Å²) < 4.78 is 10.4. The van der Waals surface area contributed by atoms with Crippen molar-refractivity contribution in [2.75, 3.05) is 0 Å². The molecule has 0 aliphatic heterocycles. The zero-order valence-electron chi connectivity index (χ0n) is 5.89. The van der Waals surface area contributed by atoms with Crippen molar-refractivity contribution in [1.82, 2.24) is 0 Å². The highest BCUT2D eigenvalue weighted by atomic mass is 28.4. The third kappa shape index (κ3) is 6.57. The van der Waals surface area contributed by atoms with Gasteiger partial charge in [0.2, 0.25) is 0 Å². The van der Waals surface area contributed by atoms with Crippen LogP contribution in [0.15, 0.2) is 0 Å². The molecule has 49 valence electrons. The van der Waals surface area contributed by atoms with Crippen molar-refractivity contribution in [2.45, 2.75) is 19.6 Å². The highest BCUT2D eigenvalue weighted by Crippen LogP contribution is 1.99. The average molecular weight is 165 g/mol. The maximum atomic E-state index is 5.41. The smallest absolute Gasteiger partial charge is 0.342 e. The molecule has 0 spiro atoms. The molecule has 0 saturated heterocycles. The Balaban J connectivity index is 3.11. The molecule has 0 saturated carbocycles. The van der Waals surface area contributed by atoms with Crippen LogP contribution in [0.1, 0.15) is 0 Å². The summed E-state index contributed by atoms with van der Waals surface area (Å²) in [5, 5.41) is 0. The summed E-state index contributed by atoms with van der Waals surface area (Å²) in [5.41, 5.74) is 0. The zero-order valence-corrected chi connectivity index (χ0v) is 10.0. The zero-order chi connectivity index (χ0) is 6.62. The SMILES string of the molecule is C[Si](C)(C)O[SiH]O[SiH3]. The first-order chi connectivity index (χ1) is 3.56. The van der Waals surface area contributed by atoms with Crippen molar-refractivity contribution < 1.29 is 8.23 Å². The molecule has 0 bridgehead atoms. The molecule has 0 aromatic heterocycles. The quantitative estimate of drug-likeness (QED) is 0.520. The molecule has 0 aliphatic rings. The van der Waals surface area contributed by atoms with E-state index in [4.69, 9.17) is 8.23 Å². The molecule has 0 rings (SSSR count). The molecule has 0 fully saturated rings. The van der Waals surface area contributed by atoms with Crippen molar-refractivity contribution in [2.24, 2.45) is 0 Å². The third-order valence-electron chi connectivity index (χ3n) is 0.498. The van der Waals surface area contributed by atoms with Gasteiger partial charge in [-0.2, -0.15) is 0 Å². The molecule has 8 heavy (non-hydrogen) atoms. The van der Waals surface area contributed by atoms with E-state index in [-0.39, 0.29) is 10.0 Å². The topological polar surface area (TPSA) is 18.5 Å². The van der Waals surface area contributed by atoms with E-state index in [2.05, 4.69) is 19.6 Å². The number of hydrogen-bond donors (Lipinski definition) is 0. The summed E-state index contributed by atoms with van der Waals surface area (Å²) in [6.45, 7) is 6.50. The highest BCUT2D eigenvalue weighted by Gasteiger charge is 2.12. The van der Waals surface area contributed by atoms with Gasteiger partial charge in [-0.1, -0.05) is 0 Å². The fraction of sp³-hybridized carbons (Fsp3) is 1.00. The first kappa shape index (κ1) is 8.57. The molecule has 0 N–H and O–H groups in total. The minimum Gasteiger partial charge on any atom is -0.446 e. The molecule has 0 aromatic carbocycles. The fourth-order valence-electron chi connectivity index (χ4n) is 0.192. The lowest BCUT2D eigenvalue weighted by Gasteiger charge is -2.15. The lowest BCUT2D eigenvalue weighted by molar-refractivity contribution is 0.482. The Kier molecular flexibility index (Phi) is 3.82. The van der Waals surface area contributed by atoms with E-state index in [0.717, 1.165) is 10.5 Å². The highest BCUT2D eigenvalue weighted by molar-refractivity contribution is 6.73. The van der Waals surface area contributed by atoms with Crippen LogP contribution >= 0.6 is 0 Å². The lowest BCUT2D eigenvalue weighted by Crippen LogP contribution is -2.28. The van der Waals surface area contributed by atoms with Gasteiger partial charge in [-0.05, 0) is 19.6 Å². The molecular formula is C3H13O2Si3. The van der Waals surface area contributed by atoms with E-state index in [1.54, 1.807) is 0 Å². The van der Waals surface area contributed by atoms with Crippen molar-refractivity contribution >= 4 is 28.8 Å². The minimum atomic E-state index is -1.24. The van der Waals surface area contributed by atoms with Crippen LogP contribution in [0.25, 0.3) is 0 Å². The van der Waals surface area contributed by atoms with Gasteiger partial charge in [-0.3, -0.25) is 0 Å². The molecule has 0 aliphatic carbocycles. The molecule has 0 amide bonds. The Morgan fingerprint density at radius 2 is 1.88 bits per heavy atom. The van der Waals surface area contributed by atoms with E-state index < -0.39 is 8.32 Å². The Labute approximate surface area is 57.3 Å². The first-order valence-electron chi connectivity index (χ1n) is 2.58. The Hall–Kier alpha value is 0.571. The maximum Gasteiger partial charge on any atom is 0.342 e. The van der Waals surface area contributed by atoms with Crippen LogP contribution in [0.4, 0.5) is 0 Å². The van der Waals surface area contributed by atoms with Crippen LogP contribution in [0.2, 0.25) is 19.6 Å². The first-order valence-corrected chi connectivity index (χ1v) is 7.75. The van der Waals surface area contributed by atoms with Gasteiger partial charge in [-0.15, -0.1) is 0 Å². The molecule has 5 heteroatoms. The molecular weight excluding hydrogens is 152 g/mol. The van der Waals surface area contributed by atoms with Gasteiger partial charge < -0.3 is 8.23 Å². The normalized spacial score (nSPS) is 12.4.